The molecule has 0 saturated carbocycles. The Balaban J connectivity index is 1.65. The molecule has 0 unspecified atom stereocenters. The van der Waals surface area contributed by atoms with Crippen LogP contribution in [0.2, 0.25) is 5.02 Å². The van der Waals surface area contributed by atoms with Gasteiger partial charge in [-0.1, -0.05) is 25.4 Å². The molecule has 2 heterocycles. The smallest absolute Gasteiger partial charge is 0.121 e. The van der Waals surface area contributed by atoms with E-state index < -0.39 is 0 Å². The minimum atomic E-state index is 0.291. The lowest BCUT2D eigenvalue weighted by Crippen LogP contribution is -2.39. The number of nitrogens with zero attached hydrogens (tertiary/aromatic N) is 2. The lowest BCUT2D eigenvalue weighted by molar-refractivity contribution is 0.0942. The summed E-state index contributed by atoms with van der Waals surface area (Å²) in [6.07, 6.45) is 6.04. The van der Waals surface area contributed by atoms with Crippen LogP contribution in [0, 0.1) is 5.92 Å². The van der Waals surface area contributed by atoms with Gasteiger partial charge < -0.3 is 9.64 Å². The zero-order valence-electron chi connectivity index (χ0n) is 13.3. The molecule has 1 aromatic carbocycles. The van der Waals surface area contributed by atoms with E-state index in [4.69, 9.17) is 16.3 Å². The molecule has 3 nitrogen and oxygen atoms in total. The number of benzene rings is 1. The van der Waals surface area contributed by atoms with E-state index in [0.29, 0.717) is 11.1 Å². The Morgan fingerprint density at radius 2 is 2.09 bits per heavy atom. The van der Waals surface area contributed by atoms with Crippen LogP contribution in [0.3, 0.4) is 0 Å². The molecule has 1 aromatic heterocycles. The molecule has 0 bridgehead atoms. The van der Waals surface area contributed by atoms with Crippen LogP contribution in [-0.4, -0.2) is 35.6 Å². The predicted molar refractivity (Wildman–Crippen MR) is 91.7 cm³/mol. The molecule has 0 spiro atoms. The van der Waals surface area contributed by atoms with Gasteiger partial charge in [0, 0.05) is 37.4 Å². The zero-order chi connectivity index (χ0) is 15.5. The Bertz CT molecular complexity index is 636. The number of rotatable bonds is 4. The molecule has 22 heavy (non-hydrogen) atoms. The van der Waals surface area contributed by atoms with E-state index in [1.165, 1.54) is 6.54 Å². The van der Waals surface area contributed by atoms with Crippen molar-refractivity contribution in [3.05, 3.63) is 35.6 Å². The first-order chi connectivity index (χ1) is 10.6. The average molecular weight is 319 g/mol. The van der Waals surface area contributed by atoms with Crippen molar-refractivity contribution in [2.75, 3.05) is 19.6 Å². The van der Waals surface area contributed by atoms with Gasteiger partial charge in [-0.2, -0.15) is 0 Å². The van der Waals surface area contributed by atoms with E-state index in [-0.39, 0.29) is 0 Å². The molecule has 0 atom stereocenters. The maximum Gasteiger partial charge on any atom is 0.121 e. The molecular weight excluding hydrogens is 296 g/mol. The van der Waals surface area contributed by atoms with Crippen molar-refractivity contribution in [2.24, 2.45) is 5.92 Å². The van der Waals surface area contributed by atoms with E-state index in [2.05, 4.69) is 29.8 Å². The van der Waals surface area contributed by atoms with Crippen molar-refractivity contribution in [1.29, 1.82) is 0 Å². The Morgan fingerprint density at radius 1 is 1.32 bits per heavy atom. The number of aromatic nitrogens is 1. The molecule has 0 amide bonds. The van der Waals surface area contributed by atoms with Crippen LogP contribution in [0.1, 0.15) is 26.7 Å². The summed E-state index contributed by atoms with van der Waals surface area (Å²) in [5.41, 5.74) is 0. The monoisotopic (exact) mass is 318 g/mol. The van der Waals surface area contributed by atoms with E-state index in [9.17, 15) is 0 Å². The second-order valence-electron chi connectivity index (χ2n) is 6.51. The normalized spacial score (nSPS) is 17.3. The molecule has 2 aromatic rings. The van der Waals surface area contributed by atoms with Crippen LogP contribution in [0.4, 0.5) is 0 Å². The third-order valence-corrected chi connectivity index (χ3v) is 4.45. The molecular formula is C18H23ClN2O. The molecule has 1 fully saturated rings. The van der Waals surface area contributed by atoms with Crippen molar-refractivity contribution in [3.8, 4) is 5.75 Å². The minimum absolute atomic E-state index is 0.291. The fourth-order valence-electron chi connectivity index (χ4n) is 3.11. The van der Waals surface area contributed by atoms with Crippen molar-refractivity contribution >= 4 is 22.4 Å². The Kier molecular flexibility index (Phi) is 4.84. The quantitative estimate of drug-likeness (QED) is 0.836. The van der Waals surface area contributed by atoms with Gasteiger partial charge in [0.15, 0.2) is 0 Å². The van der Waals surface area contributed by atoms with Crippen LogP contribution in [-0.2, 0) is 0 Å². The second kappa shape index (κ2) is 6.84. The lowest BCUT2D eigenvalue weighted by Gasteiger charge is -2.33. The number of halogens is 1. The number of pyridine rings is 1. The van der Waals surface area contributed by atoms with Gasteiger partial charge in [-0.25, -0.2) is 0 Å². The highest BCUT2D eigenvalue weighted by atomic mass is 35.5. The Labute approximate surface area is 137 Å². The van der Waals surface area contributed by atoms with Gasteiger partial charge in [0.2, 0.25) is 0 Å². The number of fused-ring (bicyclic) bond motifs is 1. The highest BCUT2D eigenvalue weighted by Crippen LogP contribution is 2.30. The Morgan fingerprint density at radius 3 is 2.82 bits per heavy atom. The summed E-state index contributed by atoms with van der Waals surface area (Å²) in [7, 11) is 0. The third kappa shape index (κ3) is 3.71. The highest BCUT2D eigenvalue weighted by Gasteiger charge is 2.21. The summed E-state index contributed by atoms with van der Waals surface area (Å²) < 4.78 is 6.17. The maximum atomic E-state index is 6.33. The summed E-state index contributed by atoms with van der Waals surface area (Å²) in [6.45, 7) is 7.97. The predicted octanol–water partition coefficient (Wildman–Crippen LogP) is 4.39. The van der Waals surface area contributed by atoms with Crippen molar-refractivity contribution < 1.29 is 4.74 Å². The lowest BCUT2D eigenvalue weighted by atomic mass is 10.1. The standard InChI is InChI=1S/C18H23ClN2O/c1-13(2)12-21-7-4-15(5-8-21)22-16-9-14-3-6-20-11-17(14)18(19)10-16/h3,6,9-11,13,15H,4-5,7-8,12H2,1-2H3. The summed E-state index contributed by atoms with van der Waals surface area (Å²) in [4.78, 5) is 6.65. The van der Waals surface area contributed by atoms with E-state index in [0.717, 1.165) is 48.4 Å². The minimum Gasteiger partial charge on any atom is -0.490 e. The first kappa shape index (κ1) is 15.6. The molecule has 1 aliphatic heterocycles. The van der Waals surface area contributed by atoms with Crippen molar-refractivity contribution in [1.82, 2.24) is 9.88 Å². The summed E-state index contributed by atoms with van der Waals surface area (Å²) in [5.74, 6) is 1.59. The highest BCUT2D eigenvalue weighted by molar-refractivity contribution is 6.35. The van der Waals surface area contributed by atoms with Crippen molar-refractivity contribution in [2.45, 2.75) is 32.8 Å². The molecule has 4 heteroatoms. The van der Waals surface area contributed by atoms with Gasteiger partial charge in [0.1, 0.15) is 11.9 Å². The molecule has 3 rings (SSSR count). The molecule has 0 N–H and O–H groups in total. The van der Waals surface area contributed by atoms with Crippen LogP contribution >= 0.6 is 11.6 Å². The van der Waals surface area contributed by atoms with Crippen LogP contribution < -0.4 is 4.74 Å². The van der Waals surface area contributed by atoms with E-state index in [1.54, 1.807) is 12.4 Å². The third-order valence-electron chi connectivity index (χ3n) is 4.14. The van der Waals surface area contributed by atoms with Crippen LogP contribution in [0.15, 0.2) is 30.6 Å². The van der Waals surface area contributed by atoms with Gasteiger partial charge in [-0.15, -0.1) is 0 Å². The van der Waals surface area contributed by atoms with E-state index >= 15 is 0 Å². The number of hydrogen-bond acceptors (Lipinski definition) is 3. The number of piperidine rings is 1. The number of likely N-dealkylation sites (tertiary alicyclic amines) is 1. The first-order valence-corrected chi connectivity index (χ1v) is 8.42. The van der Waals surface area contributed by atoms with Gasteiger partial charge in [-0.3, -0.25) is 4.98 Å². The molecule has 1 aliphatic rings. The molecule has 1 saturated heterocycles. The zero-order valence-corrected chi connectivity index (χ0v) is 14.0. The number of ether oxygens (including phenoxy) is 1. The van der Waals surface area contributed by atoms with Gasteiger partial charge >= 0.3 is 0 Å². The number of hydrogen-bond donors (Lipinski definition) is 0. The maximum absolute atomic E-state index is 6.33. The average Bonchev–Trinajstić information content (AvgIpc) is 2.49. The first-order valence-electron chi connectivity index (χ1n) is 8.04. The summed E-state index contributed by atoms with van der Waals surface area (Å²) in [6, 6.07) is 5.94. The Hall–Kier alpha value is -1.32. The largest absolute Gasteiger partial charge is 0.490 e. The summed E-state index contributed by atoms with van der Waals surface area (Å²) >= 11 is 6.33. The van der Waals surface area contributed by atoms with Gasteiger partial charge in [0.05, 0.1) is 5.02 Å². The SMILES string of the molecule is CC(C)CN1CCC(Oc2cc(Cl)c3cnccc3c2)CC1. The van der Waals surface area contributed by atoms with Crippen LogP contribution in [0.25, 0.3) is 10.8 Å². The fraction of sp³-hybridized carbons (Fsp3) is 0.500. The van der Waals surface area contributed by atoms with Gasteiger partial charge in [0.25, 0.3) is 0 Å². The van der Waals surface area contributed by atoms with E-state index in [1.807, 2.05) is 12.1 Å². The van der Waals surface area contributed by atoms with Crippen LogP contribution in [0.5, 0.6) is 5.75 Å². The molecule has 118 valence electrons. The summed E-state index contributed by atoms with van der Waals surface area (Å²) in [5, 5.41) is 2.76. The van der Waals surface area contributed by atoms with Crippen molar-refractivity contribution in [3.63, 3.8) is 0 Å². The molecule has 0 radical (unpaired) electrons. The molecule has 0 aliphatic carbocycles. The second-order valence-corrected chi connectivity index (χ2v) is 6.92. The van der Waals surface area contributed by atoms with Gasteiger partial charge in [-0.05, 0) is 42.3 Å². The fourth-order valence-corrected chi connectivity index (χ4v) is 3.38. The topological polar surface area (TPSA) is 25.4 Å².